The molecule has 0 bridgehead atoms. The van der Waals surface area contributed by atoms with Crippen molar-refractivity contribution in [3.05, 3.63) is 12.2 Å². The molecule has 0 saturated heterocycles. The Bertz CT molecular complexity index is 813. The van der Waals surface area contributed by atoms with Crippen molar-refractivity contribution in [2.75, 3.05) is 28.4 Å². The molecule has 8 nitrogen and oxygen atoms in total. The van der Waals surface area contributed by atoms with Crippen LogP contribution in [0.2, 0.25) is 0 Å². The molecule has 3 aliphatic rings. The third-order valence-corrected chi connectivity index (χ3v) is 8.65. The number of hydrogen-bond acceptors (Lipinski definition) is 8. The van der Waals surface area contributed by atoms with E-state index in [4.69, 9.17) is 18.9 Å². The highest BCUT2D eigenvalue weighted by Gasteiger charge is 2.65. The Hall–Kier alpha value is -2.38. The zero-order valence-corrected chi connectivity index (χ0v) is 19.8. The quantitative estimate of drug-likeness (QED) is 0.279. The number of carbonyl (C=O) groups is 4. The number of hydrogen-bond donors (Lipinski definition) is 0. The number of rotatable bonds is 4. The minimum absolute atomic E-state index is 0.0451. The van der Waals surface area contributed by atoms with E-state index in [1.165, 1.54) is 28.4 Å². The van der Waals surface area contributed by atoms with E-state index in [1.54, 1.807) is 0 Å². The number of esters is 4. The zero-order valence-electron chi connectivity index (χ0n) is 19.8. The first-order valence-corrected chi connectivity index (χ1v) is 11.0. The maximum atomic E-state index is 12.7. The van der Waals surface area contributed by atoms with E-state index >= 15 is 0 Å². The number of carbonyl (C=O) groups excluding carboxylic acids is 4. The summed E-state index contributed by atoms with van der Waals surface area (Å²) in [5.74, 6) is -2.15. The summed E-state index contributed by atoms with van der Waals surface area (Å²) in [6, 6.07) is 0. The van der Waals surface area contributed by atoms with Crippen LogP contribution in [0.1, 0.15) is 52.4 Å². The molecule has 0 heterocycles. The first kappa shape index (κ1) is 24.3. The molecule has 0 aromatic carbocycles. The lowest BCUT2D eigenvalue weighted by Gasteiger charge is -2.60. The van der Waals surface area contributed by atoms with Crippen molar-refractivity contribution in [2.45, 2.75) is 52.4 Å². The number of allylic oxidation sites excluding steroid dienone is 2. The van der Waals surface area contributed by atoms with Gasteiger partial charge in [-0.05, 0) is 61.2 Å². The van der Waals surface area contributed by atoms with Crippen LogP contribution in [0.4, 0.5) is 0 Å². The highest BCUT2D eigenvalue weighted by Crippen LogP contribution is 2.66. The van der Waals surface area contributed by atoms with Gasteiger partial charge in [0.15, 0.2) is 10.8 Å². The molecule has 0 spiro atoms. The monoisotopic (exact) mass is 450 g/mol. The van der Waals surface area contributed by atoms with Gasteiger partial charge in [0.05, 0.1) is 28.4 Å². The molecule has 0 amide bonds. The standard InChI is InChI=1S/C24H34O8/c1-21-9-7-15-13-23(17(25)29-3,18(26)30-4)12-11-22(15,2)16(21)8-10-24(14-21,19(27)31-5)20(28)32-6/h7,9,15-16H,8,10-14H2,1-6H3/t15-,16-,21-,22-/m0/s1. The molecular formula is C24H34O8. The summed E-state index contributed by atoms with van der Waals surface area (Å²) in [5, 5.41) is 0. The van der Waals surface area contributed by atoms with Gasteiger partial charge in [-0.1, -0.05) is 26.0 Å². The second kappa shape index (κ2) is 8.19. The van der Waals surface area contributed by atoms with E-state index in [1.807, 2.05) is 6.08 Å². The first-order chi connectivity index (χ1) is 15.0. The van der Waals surface area contributed by atoms with E-state index in [0.717, 1.165) is 0 Å². The van der Waals surface area contributed by atoms with Crippen LogP contribution in [0, 0.1) is 33.5 Å². The zero-order chi connectivity index (χ0) is 23.9. The molecule has 8 heteroatoms. The topological polar surface area (TPSA) is 105 Å². The third-order valence-electron chi connectivity index (χ3n) is 8.65. The fourth-order valence-corrected chi connectivity index (χ4v) is 6.94. The average molecular weight is 451 g/mol. The van der Waals surface area contributed by atoms with Gasteiger partial charge in [0.1, 0.15) is 0 Å². The molecule has 0 aromatic rings. The molecule has 32 heavy (non-hydrogen) atoms. The van der Waals surface area contributed by atoms with Crippen molar-refractivity contribution in [2.24, 2.45) is 33.5 Å². The molecule has 0 aromatic heterocycles. The lowest BCUT2D eigenvalue weighted by atomic mass is 9.43. The second-order valence-corrected chi connectivity index (χ2v) is 10.1. The Kier molecular flexibility index (Phi) is 6.21. The van der Waals surface area contributed by atoms with Crippen molar-refractivity contribution in [3.8, 4) is 0 Å². The first-order valence-electron chi connectivity index (χ1n) is 11.0. The van der Waals surface area contributed by atoms with Gasteiger partial charge < -0.3 is 18.9 Å². The van der Waals surface area contributed by atoms with Gasteiger partial charge in [-0.2, -0.15) is 0 Å². The predicted octanol–water partition coefficient (Wildman–Crippen LogP) is 2.83. The average Bonchev–Trinajstić information content (AvgIpc) is 2.80. The van der Waals surface area contributed by atoms with E-state index < -0.39 is 40.1 Å². The highest BCUT2D eigenvalue weighted by atomic mass is 16.6. The van der Waals surface area contributed by atoms with Crippen molar-refractivity contribution in [1.29, 1.82) is 0 Å². The second-order valence-electron chi connectivity index (χ2n) is 10.1. The van der Waals surface area contributed by atoms with Crippen LogP contribution in [0.5, 0.6) is 0 Å². The van der Waals surface area contributed by atoms with Crippen LogP contribution in [-0.2, 0) is 38.1 Å². The fraction of sp³-hybridized carbons (Fsp3) is 0.750. The van der Waals surface area contributed by atoms with Gasteiger partial charge in [-0.3, -0.25) is 19.2 Å². The van der Waals surface area contributed by atoms with E-state index in [2.05, 4.69) is 19.9 Å². The van der Waals surface area contributed by atoms with Gasteiger partial charge in [-0.25, -0.2) is 0 Å². The molecule has 2 fully saturated rings. The van der Waals surface area contributed by atoms with Crippen LogP contribution in [0.15, 0.2) is 12.2 Å². The molecule has 4 atom stereocenters. The van der Waals surface area contributed by atoms with Crippen molar-refractivity contribution >= 4 is 23.9 Å². The summed E-state index contributed by atoms with van der Waals surface area (Å²) in [4.78, 5) is 50.8. The Labute approximate surface area is 189 Å². The van der Waals surface area contributed by atoms with Crippen LogP contribution in [-0.4, -0.2) is 52.3 Å². The Balaban J connectivity index is 2.00. The largest absolute Gasteiger partial charge is 0.468 e. The predicted molar refractivity (Wildman–Crippen MR) is 113 cm³/mol. The summed E-state index contributed by atoms with van der Waals surface area (Å²) >= 11 is 0. The normalized spacial score (nSPS) is 34.3. The Morgan fingerprint density at radius 1 is 0.750 bits per heavy atom. The molecular weight excluding hydrogens is 416 g/mol. The molecule has 178 valence electrons. The van der Waals surface area contributed by atoms with Crippen LogP contribution in [0.25, 0.3) is 0 Å². The van der Waals surface area contributed by atoms with Crippen molar-refractivity contribution < 1.29 is 38.1 Å². The highest BCUT2D eigenvalue weighted by molar-refractivity contribution is 6.01. The van der Waals surface area contributed by atoms with Crippen molar-refractivity contribution in [1.82, 2.24) is 0 Å². The molecule has 0 aliphatic heterocycles. The van der Waals surface area contributed by atoms with E-state index in [9.17, 15) is 19.2 Å². The summed E-state index contributed by atoms with van der Waals surface area (Å²) in [5.41, 5.74) is -3.31. The molecule has 0 unspecified atom stereocenters. The molecule has 0 N–H and O–H groups in total. The third kappa shape index (κ3) is 3.25. The Morgan fingerprint density at radius 3 is 1.75 bits per heavy atom. The van der Waals surface area contributed by atoms with Gasteiger partial charge in [0, 0.05) is 0 Å². The summed E-state index contributed by atoms with van der Waals surface area (Å²) in [6.07, 6.45) is 6.61. The summed E-state index contributed by atoms with van der Waals surface area (Å²) in [6.45, 7) is 4.25. The number of ether oxygens (including phenoxy) is 4. The molecule has 3 aliphatic carbocycles. The lowest BCUT2D eigenvalue weighted by molar-refractivity contribution is -0.187. The summed E-state index contributed by atoms with van der Waals surface area (Å²) < 4.78 is 20.0. The maximum absolute atomic E-state index is 12.7. The fourth-order valence-electron chi connectivity index (χ4n) is 6.94. The minimum Gasteiger partial charge on any atom is -0.468 e. The lowest BCUT2D eigenvalue weighted by Crippen LogP contribution is -2.59. The van der Waals surface area contributed by atoms with E-state index in [-0.39, 0.29) is 17.3 Å². The number of methoxy groups -OCH3 is 4. The van der Waals surface area contributed by atoms with Gasteiger partial charge in [0.2, 0.25) is 0 Å². The SMILES string of the molecule is COC(=O)C1(C(=O)OC)CC[C@]2(C)[C@H]3CCC(C(=O)OC)(C(=O)OC)C[C@]3(C)C=C[C@H]2C1. The van der Waals surface area contributed by atoms with E-state index in [0.29, 0.717) is 38.5 Å². The molecule has 0 radical (unpaired) electrons. The van der Waals surface area contributed by atoms with Crippen molar-refractivity contribution in [3.63, 3.8) is 0 Å². The smallest absolute Gasteiger partial charge is 0.323 e. The van der Waals surface area contributed by atoms with Crippen LogP contribution in [0.3, 0.4) is 0 Å². The summed E-state index contributed by atoms with van der Waals surface area (Å²) in [7, 11) is 5.15. The van der Waals surface area contributed by atoms with Gasteiger partial charge in [0.25, 0.3) is 0 Å². The van der Waals surface area contributed by atoms with Crippen LogP contribution < -0.4 is 0 Å². The minimum atomic E-state index is -1.33. The molecule has 3 rings (SSSR count). The molecule has 2 saturated carbocycles. The van der Waals surface area contributed by atoms with Gasteiger partial charge in [-0.15, -0.1) is 0 Å². The van der Waals surface area contributed by atoms with Crippen LogP contribution >= 0.6 is 0 Å². The Morgan fingerprint density at radius 2 is 1.25 bits per heavy atom. The number of fused-ring (bicyclic) bond motifs is 3. The van der Waals surface area contributed by atoms with Gasteiger partial charge >= 0.3 is 23.9 Å². The maximum Gasteiger partial charge on any atom is 0.323 e.